The Kier molecular flexibility index (Phi) is 6.78. The molecule has 7 rings (SSSR count). The number of anilines is 2. The van der Waals surface area contributed by atoms with Crippen molar-refractivity contribution in [1.29, 1.82) is 0 Å². The molecular formula is C35H26N4O2S. The first kappa shape index (κ1) is 25.8. The molecule has 42 heavy (non-hydrogen) atoms. The number of amides is 2. The number of hydrazone groups is 2. The Balaban J connectivity index is 1.42. The Bertz CT molecular complexity index is 1660. The molecule has 0 aliphatic carbocycles. The summed E-state index contributed by atoms with van der Waals surface area (Å²) < 4.78 is 0. The van der Waals surface area contributed by atoms with Gasteiger partial charge in [-0.3, -0.25) is 9.59 Å². The first-order chi connectivity index (χ1) is 20.7. The van der Waals surface area contributed by atoms with E-state index in [4.69, 9.17) is 10.2 Å². The molecule has 0 bridgehead atoms. The third kappa shape index (κ3) is 4.54. The van der Waals surface area contributed by atoms with Crippen LogP contribution in [0.1, 0.15) is 21.9 Å². The third-order valence-corrected chi connectivity index (χ3v) is 8.66. The quantitative estimate of drug-likeness (QED) is 0.214. The minimum atomic E-state index is -0.718. The molecular weight excluding hydrogens is 540 g/mol. The van der Waals surface area contributed by atoms with Crippen LogP contribution < -0.4 is 10.0 Å². The zero-order valence-electron chi connectivity index (χ0n) is 22.5. The molecule has 1 aromatic heterocycles. The van der Waals surface area contributed by atoms with Crippen LogP contribution in [0.2, 0.25) is 0 Å². The van der Waals surface area contributed by atoms with Crippen LogP contribution in [0.3, 0.4) is 0 Å². The van der Waals surface area contributed by atoms with E-state index in [9.17, 15) is 9.59 Å². The minimum absolute atomic E-state index is 0.170. The van der Waals surface area contributed by atoms with Crippen LogP contribution in [0.15, 0.2) is 149 Å². The molecule has 0 spiro atoms. The number of rotatable bonds is 7. The molecule has 2 amide bonds. The van der Waals surface area contributed by atoms with Gasteiger partial charge in [-0.25, -0.2) is 0 Å². The van der Waals surface area contributed by atoms with Crippen LogP contribution in [0.4, 0.5) is 11.4 Å². The average molecular weight is 567 g/mol. The van der Waals surface area contributed by atoms with Gasteiger partial charge in [-0.2, -0.15) is 20.2 Å². The van der Waals surface area contributed by atoms with Crippen molar-refractivity contribution in [3.63, 3.8) is 0 Å². The van der Waals surface area contributed by atoms with Crippen LogP contribution in [-0.2, 0) is 9.59 Å². The van der Waals surface area contributed by atoms with Crippen LogP contribution >= 0.6 is 11.3 Å². The summed E-state index contributed by atoms with van der Waals surface area (Å²) in [4.78, 5) is 30.0. The van der Waals surface area contributed by atoms with Gasteiger partial charge in [0.1, 0.15) is 0 Å². The molecule has 3 heterocycles. The highest BCUT2D eigenvalue weighted by atomic mass is 32.1. The molecule has 7 heteroatoms. The monoisotopic (exact) mass is 566 g/mol. The smallest absolute Gasteiger partial charge is 0.257 e. The maximum Gasteiger partial charge on any atom is 0.257 e. The number of hydrogen-bond donors (Lipinski definition) is 0. The number of nitrogens with zero attached hydrogens (tertiary/aromatic N) is 4. The van der Waals surface area contributed by atoms with E-state index in [1.54, 1.807) is 11.3 Å². The summed E-state index contributed by atoms with van der Waals surface area (Å²) in [6, 6.07) is 42.4. The van der Waals surface area contributed by atoms with Gasteiger partial charge in [0.25, 0.3) is 11.8 Å². The Morgan fingerprint density at radius 2 is 0.929 bits per heavy atom. The fourth-order valence-corrected chi connectivity index (χ4v) is 6.69. The summed E-state index contributed by atoms with van der Waals surface area (Å²) in [5.74, 6) is -2.31. The van der Waals surface area contributed by atoms with Crippen molar-refractivity contribution in [2.75, 3.05) is 10.0 Å². The third-order valence-electron chi connectivity index (χ3n) is 7.68. The van der Waals surface area contributed by atoms with E-state index in [-0.39, 0.29) is 11.8 Å². The van der Waals surface area contributed by atoms with Crippen molar-refractivity contribution in [1.82, 2.24) is 0 Å². The Labute approximate surface area is 247 Å². The lowest BCUT2D eigenvalue weighted by molar-refractivity contribution is -0.122. The van der Waals surface area contributed by atoms with E-state index in [1.807, 2.05) is 139 Å². The normalized spacial score (nSPS) is 18.5. The summed E-state index contributed by atoms with van der Waals surface area (Å²) in [6.45, 7) is 0. The zero-order valence-corrected chi connectivity index (χ0v) is 23.3. The molecule has 5 aromatic rings. The van der Waals surface area contributed by atoms with Crippen molar-refractivity contribution >= 4 is 45.9 Å². The summed E-state index contributed by atoms with van der Waals surface area (Å²) in [5.41, 5.74) is 4.34. The first-order valence-corrected chi connectivity index (χ1v) is 14.7. The average Bonchev–Trinajstić information content (AvgIpc) is 3.79. The molecule has 4 aromatic carbocycles. The van der Waals surface area contributed by atoms with Crippen molar-refractivity contribution in [3.05, 3.63) is 155 Å². The van der Waals surface area contributed by atoms with Gasteiger partial charge in [0.2, 0.25) is 0 Å². The second-order valence-corrected chi connectivity index (χ2v) is 11.1. The van der Waals surface area contributed by atoms with Crippen molar-refractivity contribution in [3.8, 4) is 0 Å². The highest BCUT2D eigenvalue weighted by molar-refractivity contribution is 7.10. The molecule has 2 aliphatic heterocycles. The molecule has 2 aliphatic rings. The molecule has 6 nitrogen and oxygen atoms in total. The van der Waals surface area contributed by atoms with Gasteiger partial charge in [0.05, 0.1) is 34.6 Å². The highest BCUT2D eigenvalue weighted by Crippen LogP contribution is 2.46. The molecule has 0 saturated heterocycles. The second-order valence-electron chi connectivity index (χ2n) is 10.2. The molecule has 2 atom stereocenters. The second kappa shape index (κ2) is 11.0. The summed E-state index contributed by atoms with van der Waals surface area (Å²) in [5, 5.41) is 14.8. The minimum Gasteiger partial charge on any atom is -0.272 e. The largest absolute Gasteiger partial charge is 0.272 e. The van der Waals surface area contributed by atoms with Gasteiger partial charge in [-0.1, -0.05) is 103 Å². The van der Waals surface area contributed by atoms with Crippen LogP contribution in [0, 0.1) is 11.8 Å². The summed E-state index contributed by atoms with van der Waals surface area (Å²) in [6.07, 6.45) is 0. The number of carbonyl (C=O) groups is 2. The van der Waals surface area contributed by atoms with Gasteiger partial charge in [-0.15, -0.1) is 11.3 Å². The molecule has 0 unspecified atom stereocenters. The number of benzene rings is 4. The maximum absolute atomic E-state index is 14.5. The van der Waals surface area contributed by atoms with E-state index in [1.165, 1.54) is 10.0 Å². The van der Waals surface area contributed by atoms with E-state index >= 15 is 0 Å². The lowest BCUT2D eigenvalue weighted by Gasteiger charge is -2.28. The predicted octanol–water partition coefficient (Wildman–Crippen LogP) is 6.97. The van der Waals surface area contributed by atoms with Gasteiger partial charge in [0, 0.05) is 10.8 Å². The lowest BCUT2D eigenvalue weighted by atomic mass is 9.73. The van der Waals surface area contributed by atoms with Crippen molar-refractivity contribution in [2.24, 2.45) is 22.0 Å². The molecule has 0 fully saturated rings. The Morgan fingerprint density at radius 1 is 0.524 bits per heavy atom. The molecule has 0 saturated carbocycles. The molecule has 0 radical (unpaired) electrons. The zero-order chi connectivity index (χ0) is 28.5. The van der Waals surface area contributed by atoms with Crippen molar-refractivity contribution < 1.29 is 9.59 Å². The molecule has 0 N–H and O–H groups in total. The number of thiophene rings is 1. The first-order valence-electron chi connectivity index (χ1n) is 13.8. The van der Waals surface area contributed by atoms with Crippen LogP contribution in [0.5, 0.6) is 0 Å². The summed E-state index contributed by atoms with van der Waals surface area (Å²) >= 11 is 1.55. The highest BCUT2D eigenvalue weighted by Gasteiger charge is 2.52. The molecule has 204 valence electrons. The van der Waals surface area contributed by atoms with Gasteiger partial charge in [0.15, 0.2) is 0 Å². The number of carbonyl (C=O) groups excluding carboxylic acids is 2. The van der Waals surface area contributed by atoms with E-state index in [0.717, 1.165) is 16.0 Å². The fraction of sp³-hybridized carbons (Fsp3) is 0.0857. The van der Waals surface area contributed by atoms with E-state index < -0.39 is 17.8 Å². The Morgan fingerprint density at radius 3 is 1.31 bits per heavy atom. The van der Waals surface area contributed by atoms with Gasteiger partial charge >= 0.3 is 0 Å². The summed E-state index contributed by atoms with van der Waals surface area (Å²) in [7, 11) is 0. The number of para-hydroxylation sites is 2. The SMILES string of the molecule is O=C1[C@@H](C(c2cccs2)[C@@H]2C(=O)N(c3ccccc3)N=C2c2ccccc2)C(c2ccccc2)=NN1c1ccccc1. The van der Waals surface area contributed by atoms with E-state index in [2.05, 4.69) is 0 Å². The topological polar surface area (TPSA) is 65.3 Å². The Hall–Kier alpha value is -5.14. The van der Waals surface area contributed by atoms with Gasteiger partial charge < -0.3 is 0 Å². The van der Waals surface area contributed by atoms with Crippen LogP contribution in [0.25, 0.3) is 0 Å². The van der Waals surface area contributed by atoms with Crippen LogP contribution in [-0.4, -0.2) is 23.2 Å². The number of hydrogen-bond acceptors (Lipinski definition) is 5. The standard InChI is InChI=1S/C35H26N4O2S/c40-34-30(32(24-14-5-1-6-15-24)36-38(34)26-18-9-3-10-19-26)29(28-22-13-23-42-28)31-33(25-16-7-2-8-17-25)37-39(35(31)41)27-20-11-4-12-21-27/h1-23,29-31H/t30-,31-/m0/s1. The fourth-order valence-electron chi connectivity index (χ4n) is 5.79. The van der Waals surface area contributed by atoms with E-state index in [0.29, 0.717) is 22.8 Å². The van der Waals surface area contributed by atoms with Crippen molar-refractivity contribution in [2.45, 2.75) is 5.92 Å². The lowest BCUT2D eigenvalue weighted by Crippen LogP contribution is -2.41. The van der Waals surface area contributed by atoms with Gasteiger partial charge in [-0.05, 0) is 46.8 Å². The maximum atomic E-state index is 14.5. The predicted molar refractivity (Wildman–Crippen MR) is 168 cm³/mol.